The van der Waals surface area contributed by atoms with E-state index in [2.05, 4.69) is 45.8 Å². The van der Waals surface area contributed by atoms with E-state index in [1.165, 1.54) is 12.5 Å². The molecule has 0 radical (unpaired) electrons. The molecule has 0 saturated carbocycles. The summed E-state index contributed by atoms with van der Waals surface area (Å²) in [6.45, 7) is 6.08. The third-order valence-electron chi connectivity index (χ3n) is 4.68. The van der Waals surface area contributed by atoms with E-state index in [-0.39, 0.29) is 11.8 Å². The van der Waals surface area contributed by atoms with Gasteiger partial charge in [0.2, 0.25) is 11.9 Å². The van der Waals surface area contributed by atoms with Crippen LogP contribution in [0.3, 0.4) is 0 Å². The molecule has 0 saturated heterocycles. The fourth-order valence-corrected chi connectivity index (χ4v) is 2.97. The van der Waals surface area contributed by atoms with Crippen LogP contribution < -0.4 is 16.0 Å². The molecule has 3 rings (SSSR count). The van der Waals surface area contributed by atoms with Gasteiger partial charge in [-0.2, -0.15) is 0 Å². The predicted octanol–water partition coefficient (Wildman–Crippen LogP) is 4.56. The summed E-state index contributed by atoms with van der Waals surface area (Å²) in [5, 5.41) is 8.77. The van der Waals surface area contributed by atoms with E-state index in [4.69, 9.17) is 0 Å². The van der Waals surface area contributed by atoms with E-state index in [1.807, 2.05) is 30.3 Å². The molecule has 32 heavy (non-hydrogen) atoms. The Morgan fingerprint density at radius 1 is 0.938 bits per heavy atom. The summed E-state index contributed by atoms with van der Waals surface area (Å²) in [7, 11) is 0. The van der Waals surface area contributed by atoms with Crippen molar-refractivity contribution in [2.45, 2.75) is 33.2 Å². The molecule has 1 aromatic heterocycles. The molecule has 2 amide bonds. The standard InChI is InChI=1S/C25H27N5O2/c1-17(2)21-5-4-6-23(15-21)29-25(27-16-19-11-13-26-14-12-19)30-24(32)20-7-9-22(10-8-20)28-18(3)31/h4-15,17H,16H2,1-3H3,(H,28,31)(H2,27,29,30,32). The molecule has 0 aliphatic carbocycles. The monoisotopic (exact) mass is 429 g/mol. The number of nitrogens with zero attached hydrogens (tertiary/aromatic N) is 2. The van der Waals surface area contributed by atoms with Crippen LogP contribution in [-0.4, -0.2) is 22.8 Å². The zero-order valence-electron chi connectivity index (χ0n) is 18.4. The van der Waals surface area contributed by atoms with Crippen molar-refractivity contribution in [3.05, 3.63) is 89.7 Å². The molecule has 0 unspecified atom stereocenters. The number of amides is 2. The van der Waals surface area contributed by atoms with E-state index in [1.54, 1.807) is 36.7 Å². The van der Waals surface area contributed by atoms with Crippen LogP contribution in [0, 0.1) is 0 Å². The van der Waals surface area contributed by atoms with Crippen LogP contribution in [0.2, 0.25) is 0 Å². The van der Waals surface area contributed by atoms with Gasteiger partial charge in [0, 0.05) is 36.3 Å². The first-order valence-electron chi connectivity index (χ1n) is 10.4. The summed E-state index contributed by atoms with van der Waals surface area (Å²) >= 11 is 0. The van der Waals surface area contributed by atoms with Gasteiger partial charge in [0.25, 0.3) is 5.91 Å². The molecule has 0 bridgehead atoms. The topological polar surface area (TPSA) is 95.5 Å². The largest absolute Gasteiger partial charge is 0.326 e. The number of anilines is 2. The summed E-state index contributed by atoms with van der Waals surface area (Å²) in [4.78, 5) is 32.6. The lowest BCUT2D eigenvalue weighted by molar-refractivity contribution is -0.114. The highest BCUT2D eigenvalue weighted by Crippen LogP contribution is 2.18. The van der Waals surface area contributed by atoms with E-state index in [0.717, 1.165) is 11.3 Å². The molecule has 0 aliphatic rings. The zero-order valence-corrected chi connectivity index (χ0v) is 18.4. The minimum Gasteiger partial charge on any atom is -0.326 e. The number of pyridine rings is 1. The molecule has 7 heteroatoms. The number of hydrogen-bond donors (Lipinski definition) is 3. The maximum absolute atomic E-state index is 12.8. The number of aliphatic imine (C=N–C) groups is 1. The number of guanidine groups is 1. The molecule has 3 N–H and O–H groups in total. The Hall–Kier alpha value is -4.00. The smallest absolute Gasteiger partial charge is 0.257 e. The zero-order chi connectivity index (χ0) is 22.9. The minimum absolute atomic E-state index is 0.166. The molecule has 2 aromatic carbocycles. The Labute approximate surface area is 188 Å². The van der Waals surface area contributed by atoms with Crippen molar-refractivity contribution in [3.8, 4) is 0 Å². The minimum atomic E-state index is -0.305. The highest BCUT2D eigenvalue weighted by Gasteiger charge is 2.11. The van der Waals surface area contributed by atoms with Crippen LogP contribution in [-0.2, 0) is 11.3 Å². The summed E-state index contributed by atoms with van der Waals surface area (Å²) < 4.78 is 0. The highest BCUT2D eigenvalue weighted by molar-refractivity contribution is 6.10. The van der Waals surface area contributed by atoms with E-state index < -0.39 is 0 Å². The average molecular weight is 430 g/mol. The molecule has 0 aliphatic heterocycles. The Balaban J connectivity index is 1.79. The van der Waals surface area contributed by atoms with Gasteiger partial charge >= 0.3 is 0 Å². The second kappa shape index (κ2) is 10.9. The van der Waals surface area contributed by atoms with Gasteiger partial charge in [0.15, 0.2) is 0 Å². The van der Waals surface area contributed by atoms with Crippen LogP contribution in [0.25, 0.3) is 0 Å². The van der Waals surface area contributed by atoms with E-state index in [0.29, 0.717) is 29.7 Å². The first kappa shape index (κ1) is 22.7. The van der Waals surface area contributed by atoms with Crippen LogP contribution in [0.5, 0.6) is 0 Å². The molecule has 3 aromatic rings. The predicted molar refractivity (Wildman–Crippen MR) is 128 cm³/mol. The Bertz CT molecular complexity index is 1090. The first-order valence-corrected chi connectivity index (χ1v) is 10.4. The van der Waals surface area contributed by atoms with Crippen LogP contribution in [0.1, 0.15) is 48.2 Å². The van der Waals surface area contributed by atoms with Gasteiger partial charge in [-0.25, -0.2) is 4.99 Å². The molecular formula is C25H27N5O2. The molecule has 164 valence electrons. The number of nitrogens with one attached hydrogen (secondary N) is 3. The Morgan fingerprint density at radius 2 is 1.66 bits per heavy atom. The fourth-order valence-electron chi connectivity index (χ4n) is 2.97. The normalized spacial score (nSPS) is 11.2. The lowest BCUT2D eigenvalue weighted by atomic mass is 10.0. The molecular weight excluding hydrogens is 402 g/mol. The number of carbonyl (C=O) groups excluding carboxylic acids is 2. The number of rotatable bonds is 6. The second-order valence-electron chi connectivity index (χ2n) is 7.64. The number of hydrogen-bond acceptors (Lipinski definition) is 4. The van der Waals surface area contributed by atoms with Crippen molar-refractivity contribution in [2.75, 3.05) is 10.6 Å². The summed E-state index contributed by atoms with van der Waals surface area (Å²) in [5.74, 6) is 0.255. The van der Waals surface area contributed by atoms with Crippen LogP contribution in [0.15, 0.2) is 78.0 Å². The van der Waals surface area contributed by atoms with Gasteiger partial charge in [-0.05, 0) is 65.6 Å². The number of carbonyl (C=O) groups is 2. The van der Waals surface area contributed by atoms with Gasteiger partial charge in [-0.1, -0.05) is 26.0 Å². The van der Waals surface area contributed by atoms with Crippen LogP contribution in [0.4, 0.5) is 11.4 Å². The van der Waals surface area contributed by atoms with Gasteiger partial charge < -0.3 is 10.6 Å². The number of benzene rings is 2. The van der Waals surface area contributed by atoms with Crippen LogP contribution >= 0.6 is 0 Å². The summed E-state index contributed by atoms with van der Waals surface area (Å²) in [6.07, 6.45) is 3.42. The summed E-state index contributed by atoms with van der Waals surface area (Å²) in [5.41, 5.74) is 4.08. The Kier molecular flexibility index (Phi) is 7.70. The van der Waals surface area contributed by atoms with Crippen molar-refractivity contribution in [2.24, 2.45) is 4.99 Å². The lowest BCUT2D eigenvalue weighted by Gasteiger charge is -2.14. The van der Waals surface area contributed by atoms with Gasteiger partial charge in [-0.15, -0.1) is 0 Å². The third kappa shape index (κ3) is 6.77. The van der Waals surface area contributed by atoms with E-state index in [9.17, 15) is 9.59 Å². The molecule has 1 heterocycles. The third-order valence-corrected chi connectivity index (χ3v) is 4.68. The average Bonchev–Trinajstić information content (AvgIpc) is 2.78. The highest BCUT2D eigenvalue weighted by atomic mass is 16.2. The number of aromatic nitrogens is 1. The van der Waals surface area contributed by atoms with Crippen molar-refractivity contribution in [1.29, 1.82) is 0 Å². The van der Waals surface area contributed by atoms with Crippen molar-refractivity contribution < 1.29 is 9.59 Å². The fraction of sp³-hybridized carbons (Fsp3) is 0.200. The maximum atomic E-state index is 12.8. The summed E-state index contributed by atoms with van der Waals surface area (Å²) in [6, 6.07) is 18.4. The SMILES string of the molecule is CC(=O)Nc1ccc(C(=O)NC(=NCc2ccncc2)Nc2cccc(C(C)C)c2)cc1. The molecule has 0 fully saturated rings. The maximum Gasteiger partial charge on any atom is 0.257 e. The second-order valence-corrected chi connectivity index (χ2v) is 7.64. The molecule has 0 atom stereocenters. The quantitative estimate of drug-likeness (QED) is 0.395. The molecule has 0 spiro atoms. The first-order chi connectivity index (χ1) is 15.4. The van der Waals surface area contributed by atoms with Crippen molar-refractivity contribution >= 4 is 29.1 Å². The van der Waals surface area contributed by atoms with Gasteiger partial charge in [0.05, 0.1) is 6.54 Å². The van der Waals surface area contributed by atoms with Crippen molar-refractivity contribution in [3.63, 3.8) is 0 Å². The van der Waals surface area contributed by atoms with E-state index >= 15 is 0 Å². The molecule has 7 nitrogen and oxygen atoms in total. The lowest BCUT2D eigenvalue weighted by Crippen LogP contribution is -2.36. The van der Waals surface area contributed by atoms with Crippen molar-refractivity contribution in [1.82, 2.24) is 10.3 Å². The van der Waals surface area contributed by atoms with Gasteiger partial charge in [0.1, 0.15) is 0 Å². The Morgan fingerprint density at radius 3 is 2.31 bits per heavy atom. The van der Waals surface area contributed by atoms with Gasteiger partial charge in [-0.3, -0.25) is 19.9 Å².